The lowest BCUT2D eigenvalue weighted by Gasteiger charge is -2.10. The first kappa shape index (κ1) is 13.6. The topological polar surface area (TPSA) is 103 Å². The van der Waals surface area contributed by atoms with Gasteiger partial charge < -0.3 is 20.3 Å². The van der Waals surface area contributed by atoms with Gasteiger partial charge in [-0.1, -0.05) is 5.16 Å². The summed E-state index contributed by atoms with van der Waals surface area (Å²) in [5.74, 6) is 1.50. The van der Waals surface area contributed by atoms with Gasteiger partial charge in [0.1, 0.15) is 5.75 Å². The average Bonchev–Trinajstić information content (AvgIpc) is 3.09. The lowest BCUT2D eigenvalue weighted by molar-refractivity contribution is -0.118. The number of nitrogens with one attached hydrogen (secondary N) is 1. The van der Waals surface area contributed by atoms with Crippen LogP contribution in [0.5, 0.6) is 5.75 Å². The van der Waals surface area contributed by atoms with E-state index in [1.54, 1.807) is 31.2 Å². The summed E-state index contributed by atoms with van der Waals surface area (Å²) in [6.07, 6.45) is 1.48. The Kier molecular flexibility index (Phi) is 3.34. The summed E-state index contributed by atoms with van der Waals surface area (Å²) in [6.45, 7) is 1.95. The van der Waals surface area contributed by atoms with Gasteiger partial charge in [-0.15, -0.1) is 0 Å². The van der Waals surface area contributed by atoms with Gasteiger partial charge in [-0.25, -0.2) is 0 Å². The van der Waals surface area contributed by atoms with E-state index in [0.717, 1.165) is 12.8 Å². The first-order valence-corrected chi connectivity index (χ1v) is 6.68. The van der Waals surface area contributed by atoms with E-state index in [1.165, 1.54) is 0 Å². The molecule has 1 aliphatic carbocycles. The number of nitrogens with two attached hydrogens (primary N) is 1. The molecule has 1 heterocycles. The molecule has 110 valence electrons. The summed E-state index contributed by atoms with van der Waals surface area (Å²) in [7, 11) is 0. The molecule has 0 spiro atoms. The number of anilines is 1. The van der Waals surface area contributed by atoms with E-state index in [9.17, 15) is 4.79 Å². The van der Waals surface area contributed by atoms with Crippen molar-refractivity contribution in [2.45, 2.75) is 31.9 Å². The third-order valence-corrected chi connectivity index (χ3v) is 3.29. The van der Waals surface area contributed by atoms with E-state index in [0.29, 0.717) is 23.2 Å². The van der Waals surface area contributed by atoms with Crippen molar-refractivity contribution in [3.8, 4) is 5.75 Å². The summed E-state index contributed by atoms with van der Waals surface area (Å²) in [5.41, 5.74) is 5.84. The molecule has 0 bridgehead atoms. The first-order chi connectivity index (χ1) is 10.0. The molecule has 7 heteroatoms. The van der Waals surface area contributed by atoms with Gasteiger partial charge in [-0.05, 0) is 44.0 Å². The number of nitrogens with zero attached hydrogens (tertiary/aromatic N) is 2. The number of ether oxygens (including phenoxy) is 1. The smallest absolute Gasteiger partial charge is 0.264 e. The zero-order chi connectivity index (χ0) is 14.9. The fraction of sp³-hybridized carbons (Fsp3) is 0.357. The normalized spacial score (nSPS) is 15.5. The van der Waals surface area contributed by atoms with Crippen LogP contribution in [0.3, 0.4) is 0 Å². The van der Waals surface area contributed by atoms with Crippen LogP contribution in [-0.2, 0) is 11.4 Å². The lowest BCUT2D eigenvalue weighted by Crippen LogP contribution is -2.37. The molecule has 21 heavy (non-hydrogen) atoms. The van der Waals surface area contributed by atoms with Crippen molar-refractivity contribution < 1.29 is 14.1 Å². The summed E-state index contributed by atoms with van der Waals surface area (Å²) in [4.78, 5) is 15.8. The Labute approximate surface area is 121 Å². The van der Waals surface area contributed by atoms with E-state index in [-0.39, 0.29) is 12.5 Å². The number of carbonyl (C=O) groups excluding carboxylic acids is 1. The Morgan fingerprint density at radius 3 is 2.71 bits per heavy atom. The second kappa shape index (κ2) is 5.17. The van der Waals surface area contributed by atoms with E-state index >= 15 is 0 Å². The van der Waals surface area contributed by atoms with Gasteiger partial charge in [0.15, 0.2) is 12.4 Å². The Bertz CT molecular complexity index is 646. The van der Waals surface area contributed by atoms with Crippen LogP contribution in [0.4, 0.5) is 5.69 Å². The monoisotopic (exact) mass is 288 g/mol. The first-order valence-electron chi connectivity index (χ1n) is 6.68. The zero-order valence-electron chi connectivity index (χ0n) is 11.6. The standard InChI is InChI=1S/C14H16N4O3/c1-9-16-12(21-18-9)8-20-11-4-2-10(3-5-11)17-13(19)14(15)6-7-14/h2-5H,6-8,15H2,1H3,(H,17,19). The third-order valence-electron chi connectivity index (χ3n) is 3.29. The molecule has 1 saturated carbocycles. The van der Waals surface area contributed by atoms with Crippen LogP contribution in [0, 0.1) is 6.92 Å². The van der Waals surface area contributed by atoms with Crippen LogP contribution >= 0.6 is 0 Å². The number of aromatic nitrogens is 2. The number of benzene rings is 1. The van der Waals surface area contributed by atoms with Gasteiger partial charge in [0.2, 0.25) is 5.91 Å². The summed E-state index contributed by atoms with van der Waals surface area (Å²) >= 11 is 0. The predicted octanol–water partition coefficient (Wildman–Crippen LogP) is 1.39. The molecule has 0 saturated heterocycles. The van der Waals surface area contributed by atoms with Crippen molar-refractivity contribution in [1.82, 2.24) is 10.1 Å². The van der Waals surface area contributed by atoms with Crippen LogP contribution in [0.25, 0.3) is 0 Å². The molecular formula is C14H16N4O3. The van der Waals surface area contributed by atoms with Crippen molar-refractivity contribution >= 4 is 11.6 Å². The van der Waals surface area contributed by atoms with Gasteiger partial charge in [-0.2, -0.15) is 4.98 Å². The summed E-state index contributed by atoms with van der Waals surface area (Å²) < 4.78 is 10.5. The average molecular weight is 288 g/mol. The minimum Gasteiger partial charge on any atom is -0.484 e. The summed E-state index contributed by atoms with van der Waals surface area (Å²) in [6, 6.07) is 7.04. The quantitative estimate of drug-likeness (QED) is 0.861. The van der Waals surface area contributed by atoms with Crippen LogP contribution in [-0.4, -0.2) is 21.6 Å². The minimum atomic E-state index is -0.676. The predicted molar refractivity (Wildman–Crippen MR) is 74.6 cm³/mol. The highest BCUT2D eigenvalue weighted by molar-refractivity contribution is 6.00. The van der Waals surface area contributed by atoms with Gasteiger partial charge in [-0.3, -0.25) is 4.79 Å². The lowest BCUT2D eigenvalue weighted by atomic mass is 10.2. The second-order valence-electron chi connectivity index (χ2n) is 5.16. The van der Waals surface area contributed by atoms with E-state index < -0.39 is 5.54 Å². The molecule has 1 fully saturated rings. The van der Waals surface area contributed by atoms with Gasteiger partial charge in [0, 0.05) is 5.69 Å². The van der Waals surface area contributed by atoms with E-state index in [1.807, 2.05) is 0 Å². The third kappa shape index (κ3) is 3.19. The molecule has 3 rings (SSSR count). The molecule has 1 aromatic carbocycles. The van der Waals surface area contributed by atoms with Crippen LogP contribution < -0.4 is 15.8 Å². The highest BCUT2D eigenvalue weighted by atomic mass is 16.5. The van der Waals surface area contributed by atoms with Crippen molar-refractivity contribution in [1.29, 1.82) is 0 Å². The Balaban J connectivity index is 1.55. The summed E-state index contributed by atoms with van der Waals surface area (Å²) in [5, 5.41) is 6.47. The Hall–Kier alpha value is -2.41. The molecule has 1 aromatic heterocycles. The number of hydrogen-bond donors (Lipinski definition) is 2. The SMILES string of the molecule is Cc1noc(COc2ccc(NC(=O)C3(N)CC3)cc2)n1. The molecule has 7 nitrogen and oxygen atoms in total. The molecule has 0 atom stereocenters. The number of rotatable bonds is 5. The van der Waals surface area contributed by atoms with Crippen LogP contribution in [0.15, 0.2) is 28.8 Å². The molecule has 3 N–H and O–H groups in total. The van der Waals surface area contributed by atoms with Gasteiger partial charge in [0.05, 0.1) is 5.54 Å². The van der Waals surface area contributed by atoms with Crippen molar-refractivity contribution in [2.75, 3.05) is 5.32 Å². The molecular weight excluding hydrogens is 272 g/mol. The number of amides is 1. The fourth-order valence-corrected chi connectivity index (χ4v) is 1.80. The highest BCUT2D eigenvalue weighted by Crippen LogP contribution is 2.33. The molecule has 2 aromatic rings. The zero-order valence-corrected chi connectivity index (χ0v) is 11.6. The molecule has 0 aliphatic heterocycles. The molecule has 1 amide bonds. The molecule has 1 aliphatic rings. The maximum atomic E-state index is 11.8. The van der Waals surface area contributed by atoms with Crippen molar-refractivity contribution in [3.05, 3.63) is 36.0 Å². The Morgan fingerprint density at radius 1 is 1.43 bits per heavy atom. The Morgan fingerprint density at radius 2 is 2.14 bits per heavy atom. The van der Waals surface area contributed by atoms with Crippen LogP contribution in [0.1, 0.15) is 24.6 Å². The maximum Gasteiger partial charge on any atom is 0.264 e. The number of aryl methyl sites for hydroxylation is 1. The van der Waals surface area contributed by atoms with Crippen LogP contribution in [0.2, 0.25) is 0 Å². The van der Waals surface area contributed by atoms with E-state index in [2.05, 4.69) is 15.5 Å². The molecule has 0 unspecified atom stereocenters. The van der Waals surface area contributed by atoms with E-state index in [4.69, 9.17) is 15.0 Å². The largest absolute Gasteiger partial charge is 0.484 e. The maximum absolute atomic E-state index is 11.8. The van der Waals surface area contributed by atoms with Crippen molar-refractivity contribution in [3.63, 3.8) is 0 Å². The second-order valence-corrected chi connectivity index (χ2v) is 5.16. The highest BCUT2D eigenvalue weighted by Gasteiger charge is 2.45. The van der Waals surface area contributed by atoms with Crippen molar-refractivity contribution in [2.24, 2.45) is 5.73 Å². The number of carbonyl (C=O) groups is 1. The fourth-order valence-electron chi connectivity index (χ4n) is 1.80. The minimum absolute atomic E-state index is 0.141. The van der Waals surface area contributed by atoms with Gasteiger partial charge >= 0.3 is 0 Å². The van der Waals surface area contributed by atoms with Gasteiger partial charge in [0.25, 0.3) is 5.89 Å². The number of hydrogen-bond acceptors (Lipinski definition) is 6. The molecule has 0 radical (unpaired) electrons.